The van der Waals surface area contributed by atoms with E-state index < -0.39 is 0 Å². The third-order valence-electron chi connectivity index (χ3n) is 6.17. The van der Waals surface area contributed by atoms with Gasteiger partial charge < -0.3 is 14.6 Å². The van der Waals surface area contributed by atoms with E-state index in [1.54, 1.807) is 0 Å². The van der Waals surface area contributed by atoms with Crippen LogP contribution in [-0.2, 0) is 13.0 Å². The molecule has 0 spiro atoms. The molecule has 0 radical (unpaired) electrons. The van der Waals surface area contributed by atoms with E-state index >= 15 is 0 Å². The molecule has 170 valence electrons. The highest BCUT2D eigenvalue weighted by molar-refractivity contribution is 6.04. The van der Waals surface area contributed by atoms with Gasteiger partial charge in [0.2, 0.25) is 0 Å². The fourth-order valence-electron chi connectivity index (χ4n) is 4.19. The van der Waals surface area contributed by atoms with E-state index in [1.807, 2.05) is 97.6 Å². The number of nitrogens with zero attached hydrogens (tertiary/aromatic N) is 1. The molecule has 5 heteroatoms. The van der Waals surface area contributed by atoms with Crippen LogP contribution in [0.4, 0.5) is 5.69 Å². The lowest BCUT2D eigenvalue weighted by molar-refractivity contribution is 0.0730. The van der Waals surface area contributed by atoms with Crippen molar-refractivity contribution in [3.63, 3.8) is 0 Å². The first kappa shape index (κ1) is 21.7. The molecule has 0 unspecified atom stereocenters. The van der Waals surface area contributed by atoms with Crippen LogP contribution < -0.4 is 5.32 Å². The number of anilines is 1. The Labute approximate surface area is 199 Å². The number of hydrogen-bond acceptors (Lipinski definition) is 3. The van der Waals surface area contributed by atoms with E-state index in [0.717, 1.165) is 33.8 Å². The number of fused-ring (bicyclic) bond motifs is 1. The lowest BCUT2D eigenvalue weighted by Gasteiger charge is -2.26. The van der Waals surface area contributed by atoms with Gasteiger partial charge in [0.05, 0.1) is 0 Å². The van der Waals surface area contributed by atoms with Crippen LogP contribution in [0.1, 0.15) is 43.2 Å². The maximum absolute atomic E-state index is 12.9. The van der Waals surface area contributed by atoms with Crippen LogP contribution in [0.15, 0.2) is 83.3 Å². The van der Waals surface area contributed by atoms with Crippen LogP contribution in [0.3, 0.4) is 0 Å². The van der Waals surface area contributed by atoms with E-state index in [1.165, 1.54) is 0 Å². The molecule has 4 aromatic rings. The number of amides is 2. The van der Waals surface area contributed by atoms with Crippen LogP contribution >= 0.6 is 0 Å². The quantitative estimate of drug-likeness (QED) is 0.414. The summed E-state index contributed by atoms with van der Waals surface area (Å²) in [4.78, 5) is 27.4. The topological polar surface area (TPSA) is 62.6 Å². The summed E-state index contributed by atoms with van der Waals surface area (Å²) in [5.41, 5.74) is 6.17. The highest BCUT2D eigenvalue weighted by atomic mass is 16.3. The summed E-state index contributed by atoms with van der Waals surface area (Å²) >= 11 is 0. The number of hydrogen-bond donors (Lipinski definition) is 1. The molecule has 2 amide bonds. The van der Waals surface area contributed by atoms with Gasteiger partial charge >= 0.3 is 0 Å². The number of benzene rings is 3. The summed E-state index contributed by atoms with van der Waals surface area (Å²) in [7, 11) is 0. The van der Waals surface area contributed by atoms with Crippen molar-refractivity contribution in [1.29, 1.82) is 0 Å². The molecule has 0 fully saturated rings. The predicted molar refractivity (Wildman–Crippen MR) is 133 cm³/mol. The van der Waals surface area contributed by atoms with Crippen molar-refractivity contribution in [2.45, 2.75) is 26.8 Å². The molecule has 1 aromatic heterocycles. The molecule has 0 atom stereocenters. The van der Waals surface area contributed by atoms with Crippen LogP contribution in [0, 0.1) is 13.8 Å². The number of carbonyl (C=O) groups is 2. The third-order valence-corrected chi connectivity index (χ3v) is 6.17. The Morgan fingerprint density at radius 1 is 0.853 bits per heavy atom. The first-order chi connectivity index (χ1) is 16.5. The molecule has 0 bridgehead atoms. The van der Waals surface area contributed by atoms with Gasteiger partial charge in [-0.15, -0.1) is 0 Å². The predicted octanol–water partition coefficient (Wildman–Crippen LogP) is 6.01. The summed E-state index contributed by atoms with van der Waals surface area (Å²) in [6, 6.07) is 24.8. The molecule has 1 N–H and O–H groups in total. The molecule has 0 saturated heterocycles. The summed E-state index contributed by atoms with van der Waals surface area (Å²) < 4.78 is 6.15. The van der Waals surface area contributed by atoms with Crippen molar-refractivity contribution >= 4 is 17.5 Å². The van der Waals surface area contributed by atoms with Gasteiger partial charge in [0.15, 0.2) is 0 Å². The largest absolute Gasteiger partial charge is 0.461 e. The fraction of sp³-hybridized carbons (Fsp3) is 0.172. The minimum atomic E-state index is -0.152. The van der Waals surface area contributed by atoms with Gasteiger partial charge in [-0.25, -0.2) is 0 Å². The zero-order valence-electron chi connectivity index (χ0n) is 19.3. The normalized spacial score (nSPS) is 12.8. The maximum Gasteiger partial charge on any atom is 0.255 e. The van der Waals surface area contributed by atoms with E-state index in [2.05, 4.69) is 5.32 Å². The zero-order valence-corrected chi connectivity index (χ0v) is 19.3. The Hall–Kier alpha value is -4.12. The monoisotopic (exact) mass is 450 g/mol. The van der Waals surface area contributed by atoms with Crippen molar-refractivity contribution in [3.05, 3.63) is 112 Å². The zero-order chi connectivity index (χ0) is 23.7. The molecule has 0 saturated carbocycles. The number of aryl methyl sites for hydroxylation is 2. The second kappa shape index (κ2) is 9.02. The van der Waals surface area contributed by atoms with Crippen LogP contribution in [0.2, 0.25) is 0 Å². The first-order valence-electron chi connectivity index (χ1n) is 11.4. The van der Waals surface area contributed by atoms with Crippen molar-refractivity contribution in [1.82, 2.24) is 4.90 Å². The van der Waals surface area contributed by atoms with Crippen molar-refractivity contribution in [2.24, 2.45) is 0 Å². The first-order valence-corrected chi connectivity index (χ1v) is 11.4. The third kappa shape index (κ3) is 4.50. The molecule has 34 heavy (non-hydrogen) atoms. The molecule has 0 aliphatic carbocycles. The van der Waals surface area contributed by atoms with Crippen molar-refractivity contribution in [2.75, 3.05) is 11.9 Å². The van der Waals surface area contributed by atoms with Gasteiger partial charge in [-0.05, 0) is 56.3 Å². The van der Waals surface area contributed by atoms with Gasteiger partial charge in [-0.3, -0.25) is 9.59 Å². The Morgan fingerprint density at radius 2 is 1.53 bits per heavy atom. The summed E-state index contributed by atoms with van der Waals surface area (Å²) in [5.74, 6) is 1.54. The summed E-state index contributed by atoms with van der Waals surface area (Å²) in [6.07, 6.45) is 0.677. The number of nitrogens with one attached hydrogen (secondary N) is 1. The molecule has 3 aromatic carbocycles. The average molecular weight is 451 g/mol. The molecule has 1 aliphatic rings. The van der Waals surface area contributed by atoms with Gasteiger partial charge in [-0.1, -0.05) is 47.5 Å². The van der Waals surface area contributed by atoms with Gasteiger partial charge in [0, 0.05) is 47.5 Å². The average Bonchev–Trinajstić information content (AvgIpc) is 3.28. The maximum atomic E-state index is 12.9. The van der Waals surface area contributed by atoms with Crippen LogP contribution in [0.25, 0.3) is 11.3 Å². The SMILES string of the molecule is Cc1ccc(C(=O)Nc2cccc(-c3cc4c(o3)CCN(C(=O)c3ccc(C)cc3)C4)c2)cc1. The summed E-state index contributed by atoms with van der Waals surface area (Å²) in [5, 5.41) is 2.96. The van der Waals surface area contributed by atoms with Crippen LogP contribution in [0.5, 0.6) is 0 Å². The molecule has 2 heterocycles. The lowest BCUT2D eigenvalue weighted by atomic mass is 10.1. The van der Waals surface area contributed by atoms with Crippen LogP contribution in [-0.4, -0.2) is 23.3 Å². The van der Waals surface area contributed by atoms with Crippen molar-refractivity contribution in [3.8, 4) is 11.3 Å². The molecule has 1 aliphatic heterocycles. The number of carbonyl (C=O) groups excluding carboxylic acids is 2. The van der Waals surface area contributed by atoms with Crippen molar-refractivity contribution < 1.29 is 14.0 Å². The minimum absolute atomic E-state index is 0.0363. The highest BCUT2D eigenvalue weighted by Crippen LogP contribution is 2.31. The van der Waals surface area contributed by atoms with Gasteiger partial charge in [0.25, 0.3) is 11.8 Å². The van der Waals surface area contributed by atoms with Gasteiger partial charge in [0.1, 0.15) is 11.5 Å². The molecular weight excluding hydrogens is 424 g/mol. The highest BCUT2D eigenvalue weighted by Gasteiger charge is 2.25. The summed E-state index contributed by atoms with van der Waals surface area (Å²) in [6.45, 7) is 5.15. The number of rotatable bonds is 4. The molecule has 5 rings (SSSR count). The standard InChI is InChI=1S/C29H26N2O3/c1-19-6-10-21(11-7-19)28(32)30-25-5-3-4-23(16-25)27-17-24-18-31(15-14-26(24)34-27)29(33)22-12-8-20(2)9-13-22/h3-13,16-17H,14-15,18H2,1-2H3,(H,30,32). The van der Waals surface area contributed by atoms with E-state index in [-0.39, 0.29) is 11.8 Å². The Kier molecular flexibility index (Phi) is 5.76. The second-order valence-electron chi connectivity index (χ2n) is 8.80. The lowest BCUT2D eigenvalue weighted by Crippen LogP contribution is -2.35. The minimum Gasteiger partial charge on any atom is -0.461 e. The molecular formula is C29H26N2O3. The van der Waals surface area contributed by atoms with E-state index in [4.69, 9.17) is 4.42 Å². The Balaban J connectivity index is 1.32. The fourth-order valence-corrected chi connectivity index (χ4v) is 4.19. The van der Waals surface area contributed by atoms with E-state index in [0.29, 0.717) is 36.3 Å². The molecule has 5 nitrogen and oxygen atoms in total. The Bertz CT molecular complexity index is 1350. The van der Waals surface area contributed by atoms with Gasteiger partial charge in [-0.2, -0.15) is 0 Å². The van der Waals surface area contributed by atoms with E-state index in [9.17, 15) is 9.59 Å². The smallest absolute Gasteiger partial charge is 0.255 e. The number of furan rings is 1. The Morgan fingerprint density at radius 3 is 2.24 bits per heavy atom. The second-order valence-corrected chi connectivity index (χ2v) is 8.80.